The quantitative estimate of drug-likeness (QED) is 0.736. The smallest absolute Gasteiger partial charge is 0.254 e. The van der Waals surface area contributed by atoms with E-state index in [0.29, 0.717) is 17.3 Å². The van der Waals surface area contributed by atoms with E-state index in [2.05, 4.69) is 10.1 Å². The maximum Gasteiger partial charge on any atom is 0.254 e. The molecule has 122 valence electrons. The molecule has 0 aliphatic carbocycles. The zero-order valence-electron chi connectivity index (χ0n) is 14.0. The summed E-state index contributed by atoms with van der Waals surface area (Å²) in [6, 6.07) is 15.4. The fraction of sp³-hybridized carbons (Fsp3) is 0.211. The highest BCUT2D eigenvalue weighted by atomic mass is 16.5. The number of benzene rings is 2. The van der Waals surface area contributed by atoms with Gasteiger partial charge in [0, 0.05) is 18.2 Å². The van der Waals surface area contributed by atoms with Crippen LogP contribution in [0.15, 0.2) is 53.1 Å². The molecule has 5 nitrogen and oxygen atoms in total. The van der Waals surface area contributed by atoms with E-state index in [1.807, 2.05) is 62.4 Å². The third-order valence-corrected chi connectivity index (χ3v) is 3.83. The zero-order chi connectivity index (χ0) is 17.1. The predicted molar refractivity (Wildman–Crippen MR) is 91.4 cm³/mol. The summed E-state index contributed by atoms with van der Waals surface area (Å²) in [7, 11) is 1.73. The lowest BCUT2D eigenvalue weighted by Crippen LogP contribution is -2.27. The Morgan fingerprint density at radius 1 is 1.12 bits per heavy atom. The van der Waals surface area contributed by atoms with Crippen LogP contribution >= 0.6 is 0 Å². The van der Waals surface area contributed by atoms with Crippen molar-refractivity contribution in [2.24, 2.45) is 0 Å². The molecule has 24 heavy (non-hydrogen) atoms. The van der Waals surface area contributed by atoms with Crippen LogP contribution in [0.3, 0.4) is 0 Å². The Bertz CT molecular complexity index is 856. The molecule has 0 radical (unpaired) electrons. The number of hydrogen-bond acceptors (Lipinski definition) is 4. The standard InChI is InChI=1S/C19H19N3O2/c1-13-9-10-16(14(2)11-13)19(23)22(3)12-17-20-18(21-24-17)15-7-5-4-6-8-15/h4-11H,12H2,1-3H3. The van der Waals surface area contributed by atoms with Crippen LogP contribution in [0.25, 0.3) is 11.4 Å². The number of carbonyl (C=O) groups excluding carboxylic acids is 1. The van der Waals surface area contributed by atoms with E-state index < -0.39 is 0 Å². The molecule has 0 N–H and O–H groups in total. The van der Waals surface area contributed by atoms with Gasteiger partial charge in [-0.25, -0.2) is 0 Å². The van der Waals surface area contributed by atoms with Crippen LogP contribution in [0.2, 0.25) is 0 Å². The molecule has 0 aliphatic heterocycles. The Morgan fingerprint density at radius 3 is 2.58 bits per heavy atom. The predicted octanol–water partition coefficient (Wildman–Crippen LogP) is 3.63. The second-order valence-electron chi connectivity index (χ2n) is 5.86. The second kappa shape index (κ2) is 6.66. The molecule has 0 spiro atoms. The number of hydrogen-bond donors (Lipinski definition) is 0. The van der Waals surface area contributed by atoms with Crippen molar-refractivity contribution in [2.75, 3.05) is 7.05 Å². The number of aryl methyl sites for hydroxylation is 2. The van der Waals surface area contributed by atoms with Crippen LogP contribution in [-0.2, 0) is 6.54 Å². The van der Waals surface area contributed by atoms with Gasteiger partial charge in [-0.05, 0) is 25.5 Å². The van der Waals surface area contributed by atoms with Gasteiger partial charge >= 0.3 is 0 Å². The Kier molecular flexibility index (Phi) is 4.42. The van der Waals surface area contributed by atoms with Crippen molar-refractivity contribution in [3.63, 3.8) is 0 Å². The van der Waals surface area contributed by atoms with Crippen molar-refractivity contribution < 1.29 is 9.32 Å². The summed E-state index contributed by atoms with van der Waals surface area (Å²) in [5, 5.41) is 3.98. The summed E-state index contributed by atoms with van der Waals surface area (Å²) in [6.07, 6.45) is 0. The number of aromatic nitrogens is 2. The van der Waals surface area contributed by atoms with E-state index in [1.165, 1.54) is 0 Å². The van der Waals surface area contributed by atoms with E-state index in [9.17, 15) is 4.79 Å². The van der Waals surface area contributed by atoms with E-state index in [1.54, 1.807) is 11.9 Å². The first-order valence-electron chi connectivity index (χ1n) is 7.75. The minimum absolute atomic E-state index is 0.0630. The lowest BCUT2D eigenvalue weighted by atomic mass is 10.0. The summed E-state index contributed by atoms with van der Waals surface area (Å²) in [4.78, 5) is 18.5. The van der Waals surface area contributed by atoms with E-state index in [-0.39, 0.29) is 12.5 Å². The lowest BCUT2D eigenvalue weighted by molar-refractivity contribution is 0.0769. The van der Waals surface area contributed by atoms with Gasteiger partial charge < -0.3 is 9.42 Å². The number of carbonyl (C=O) groups is 1. The maximum atomic E-state index is 12.6. The van der Waals surface area contributed by atoms with Crippen LogP contribution in [0.5, 0.6) is 0 Å². The van der Waals surface area contributed by atoms with Crippen molar-refractivity contribution in [3.8, 4) is 11.4 Å². The molecule has 0 unspecified atom stereocenters. The number of amides is 1. The van der Waals surface area contributed by atoms with Gasteiger partial charge in [0.25, 0.3) is 5.91 Å². The Morgan fingerprint density at radius 2 is 1.88 bits per heavy atom. The first kappa shape index (κ1) is 15.9. The Balaban J connectivity index is 1.74. The summed E-state index contributed by atoms with van der Waals surface area (Å²) in [5.74, 6) is 0.874. The molecule has 1 heterocycles. The molecule has 1 aromatic heterocycles. The molecule has 0 fully saturated rings. The highest BCUT2D eigenvalue weighted by molar-refractivity contribution is 5.95. The van der Waals surface area contributed by atoms with Crippen LogP contribution < -0.4 is 0 Å². The van der Waals surface area contributed by atoms with E-state index in [4.69, 9.17) is 4.52 Å². The third-order valence-electron chi connectivity index (χ3n) is 3.83. The number of rotatable bonds is 4. The maximum absolute atomic E-state index is 12.6. The molecule has 1 amide bonds. The first-order chi connectivity index (χ1) is 11.5. The average Bonchev–Trinajstić information content (AvgIpc) is 3.03. The zero-order valence-corrected chi connectivity index (χ0v) is 14.0. The molecular formula is C19H19N3O2. The molecule has 5 heteroatoms. The van der Waals surface area contributed by atoms with Crippen LogP contribution in [-0.4, -0.2) is 28.0 Å². The molecule has 0 aliphatic rings. The molecule has 3 aromatic rings. The highest BCUT2D eigenvalue weighted by Crippen LogP contribution is 2.17. The van der Waals surface area contributed by atoms with E-state index >= 15 is 0 Å². The van der Waals surface area contributed by atoms with Crippen molar-refractivity contribution in [3.05, 3.63) is 71.1 Å². The lowest BCUT2D eigenvalue weighted by Gasteiger charge is -2.16. The number of nitrogens with zero attached hydrogens (tertiary/aromatic N) is 3. The second-order valence-corrected chi connectivity index (χ2v) is 5.86. The summed E-state index contributed by atoms with van der Waals surface area (Å²) < 4.78 is 5.27. The monoisotopic (exact) mass is 321 g/mol. The van der Waals surface area contributed by atoms with Crippen molar-refractivity contribution in [1.82, 2.24) is 15.0 Å². The minimum Gasteiger partial charge on any atom is -0.337 e. The molecule has 0 saturated carbocycles. The van der Waals surface area contributed by atoms with Gasteiger partial charge in [-0.3, -0.25) is 4.79 Å². The van der Waals surface area contributed by atoms with Crippen LogP contribution in [0, 0.1) is 13.8 Å². The average molecular weight is 321 g/mol. The van der Waals surface area contributed by atoms with Crippen LogP contribution in [0.4, 0.5) is 0 Å². The third kappa shape index (κ3) is 3.35. The van der Waals surface area contributed by atoms with E-state index in [0.717, 1.165) is 16.7 Å². The topological polar surface area (TPSA) is 59.2 Å². The summed E-state index contributed by atoms with van der Waals surface area (Å²) in [6.45, 7) is 4.22. The van der Waals surface area contributed by atoms with Crippen LogP contribution in [0.1, 0.15) is 27.4 Å². The molecule has 3 rings (SSSR count). The van der Waals surface area contributed by atoms with Gasteiger partial charge in [0.05, 0.1) is 6.54 Å². The van der Waals surface area contributed by atoms with Gasteiger partial charge in [0.1, 0.15) is 0 Å². The van der Waals surface area contributed by atoms with Crippen molar-refractivity contribution in [1.29, 1.82) is 0 Å². The van der Waals surface area contributed by atoms with Crippen molar-refractivity contribution >= 4 is 5.91 Å². The Labute approximate surface area is 140 Å². The molecule has 2 aromatic carbocycles. The SMILES string of the molecule is Cc1ccc(C(=O)N(C)Cc2nc(-c3ccccc3)no2)c(C)c1. The molecule has 0 atom stereocenters. The van der Waals surface area contributed by atoms with Gasteiger partial charge in [-0.1, -0.05) is 53.2 Å². The Hall–Kier alpha value is -2.95. The minimum atomic E-state index is -0.0630. The molecule has 0 saturated heterocycles. The summed E-state index contributed by atoms with van der Waals surface area (Å²) >= 11 is 0. The fourth-order valence-corrected chi connectivity index (χ4v) is 2.56. The highest BCUT2D eigenvalue weighted by Gasteiger charge is 2.17. The first-order valence-corrected chi connectivity index (χ1v) is 7.75. The van der Waals surface area contributed by atoms with Gasteiger partial charge in [0.15, 0.2) is 0 Å². The van der Waals surface area contributed by atoms with Crippen molar-refractivity contribution in [2.45, 2.75) is 20.4 Å². The molecule has 0 bridgehead atoms. The van der Waals surface area contributed by atoms with Gasteiger partial charge in [-0.2, -0.15) is 4.98 Å². The van der Waals surface area contributed by atoms with Gasteiger partial charge in [0.2, 0.25) is 11.7 Å². The summed E-state index contributed by atoms with van der Waals surface area (Å²) in [5.41, 5.74) is 3.67. The fourth-order valence-electron chi connectivity index (χ4n) is 2.56. The normalized spacial score (nSPS) is 10.6. The molecular weight excluding hydrogens is 302 g/mol. The largest absolute Gasteiger partial charge is 0.337 e. The van der Waals surface area contributed by atoms with Gasteiger partial charge in [-0.15, -0.1) is 0 Å².